The van der Waals surface area contributed by atoms with Crippen LogP contribution in [0.2, 0.25) is 0 Å². The van der Waals surface area contributed by atoms with Crippen molar-refractivity contribution in [3.63, 3.8) is 0 Å². The van der Waals surface area contributed by atoms with Gasteiger partial charge in [0.1, 0.15) is 0 Å². The molecule has 0 unspecified atom stereocenters. The first-order valence-corrected chi connectivity index (χ1v) is 32.0. The maximum Gasteiger partial charge on any atom is 0.164 e. The van der Waals surface area contributed by atoms with Gasteiger partial charge in [0.2, 0.25) is 0 Å². The van der Waals surface area contributed by atoms with Gasteiger partial charge >= 0.3 is 0 Å². The fourth-order valence-corrected chi connectivity index (χ4v) is 13.0. The second kappa shape index (κ2) is 25.5. The minimum atomic E-state index is 0.580. The van der Waals surface area contributed by atoms with Crippen LogP contribution in [0.3, 0.4) is 0 Å². The largest absolute Gasteiger partial charge is 0.208 e. The van der Waals surface area contributed by atoms with Crippen LogP contribution in [-0.2, 0) is 0 Å². The summed E-state index contributed by atoms with van der Waals surface area (Å²) >= 11 is 0. The molecule has 1 heterocycles. The fraction of sp³-hybridized carbons (Fsp3) is 0. The van der Waals surface area contributed by atoms with Crippen LogP contribution in [0.5, 0.6) is 0 Å². The number of nitrogens with zero attached hydrogens (tertiary/aromatic N) is 3. The summed E-state index contributed by atoms with van der Waals surface area (Å²) in [5, 5.41) is 2.33. The first kappa shape index (κ1) is 56.8. The molecule has 0 fully saturated rings. The van der Waals surface area contributed by atoms with Crippen molar-refractivity contribution < 1.29 is 0 Å². The van der Waals surface area contributed by atoms with Gasteiger partial charge in [0.25, 0.3) is 0 Å². The maximum absolute atomic E-state index is 5.44. The van der Waals surface area contributed by atoms with Crippen LogP contribution in [0, 0.1) is 0 Å². The predicted octanol–water partition coefficient (Wildman–Crippen LogP) is 24.4. The smallest absolute Gasteiger partial charge is 0.164 e. The lowest BCUT2D eigenvalue weighted by Gasteiger charge is -2.15. The summed E-state index contributed by atoms with van der Waals surface area (Å²) in [6.07, 6.45) is 0. The zero-order valence-electron chi connectivity index (χ0n) is 51.6. The van der Waals surface area contributed by atoms with Crippen molar-refractivity contribution in [3.05, 3.63) is 370 Å². The molecular weight excluding hydrogens is 1140 g/mol. The molecule has 3 heteroatoms. The van der Waals surface area contributed by atoms with E-state index < -0.39 is 0 Å². The normalized spacial score (nSPS) is 11.2. The molecular formula is C91H61N3. The average Bonchev–Trinajstić information content (AvgIpc) is 0.793. The number of aromatic nitrogens is 3. The van der Waals surface area contributed by atoms with Crippen LogP contribution >= 0.6 is 0 Å². The zero-order valence-corrected chi connectivity index (χ0v) is 51.6. The van der Waals surface area contributed by atoms with E-state index in [0.29, 0.717) is 17.5 Å². The Bertz CT molecular complexity index is 5280. The quantitative estimate of drug-likeness (QED) is 0.109. The minimum Gasteiger partial charge on any atom is -0.208 e. The van der Waals surface area contributed by atoms with E-state index in [2.05, 4.69) is 370 Å². The second-order valence-electron chi connectivity index (χ2n) is 24.0. The molecule has 0 N–H and O–H groups in total. The van der Waals surface area contributed by atoms with Gasteiger partial charge in [-0.15, -0.1) is 0 Å². The van der Waals surface area contributed by atoms with Gasteiger partial charge in [-0.1, -0.05) is 285 Å². The molecule has 0 aliphatic rings. The summed E-state index contributed by atoms with van der Waals surface area (Å²) in [6, 6.07) is 133. The molecule has 0 atom stereocenters. The van der Waals surface area contributed by atoms with E-state index in [0.717, 1.165) is 106 Å². The summed E-state index contributed by atoms with van der Waals surface area (Å²) in [5.74, 6) is 1.74. The van der Waals surface area contributed by atoms with Crippen LogP contribution in [0.25, 0.3) is 167 Å². The number of hydrogen-bond acceptors (Lipinski definition) is 3. The lowest BCUT2D eigenvalue weighted by molar-refractivity contribution is 1.07. The van der Waals surface area contributed by atoms with Gasteiger partial charge in [-0.25, -0.2) is 15.0 Å². The maximum atomic E-state index is 5.44. The summed E-state index contributed by atoms with van der Waals surface area (Å²) in [7, 11) is 0. The van der Waals surface area contributed by atoms with Gasteiger partial charge in [0, 0.05) is 16.7 Å². The third kappa shape index (κ3) is 12.0. The first-order valence-electron chi connectivity index (χ1n) is 32.0. The topological polar surface area (TPSA) is 38.7 Å². The minimum absolute atomic E-state index is 0.580. The summed E-state index contributed by atoms with van der Waals surface area (Å²) < 4.78 is 0. The third-order valence-electron chi connectivity index (χ3n) is 17.8. The molecule has 0 aliphatic carbocycles. The molecule has 0 amide bonds. The van der Waals surface area contributed by atoms with Crippen molar-refractivity contribution >= 4 is 10.8 Å². The molecule has 1 aromatic heterocycles. The number of fused-ring (bicyclic) bond motifs is 1. The Kier molecular flexibility index (Phi) is 15.4. The van der Waals surface area contributed by atoms with Gasteiger partial charge in [-0.2, -0.15) is 0 Å². The van der Waals surface area contributed by atoms with Gasteiger partial charge < -0.3 is 0 Å². The monoisotopic (exact) mass is 1200 g/mol. The Morgan fingerprint density at radius 3 is 0.660 bits per heavy atom. The van der Waals surface area contributed by atoms with Crippen molar-refractivity contribution in [2.24, 2.45) is 0 Å². The predicted molar refractivity (Wildman–Crippen MR) is 393 cm³/mol. The standard InChI is InChI=1S/C91H61N3/c1-7-24-62(25-8-1)74-46-47-87-86(52-74)60-85(67-34-17-6-18-35-67)61-88(87)75-42-23-45-78(53-75)91-93-89(92-90(94-91)77-44-22-41-73(51-77)84-58-81(65-30-13-4-14-31-65)55-82(59-84)66-32-15-5-16-33-66)76-43-21-39-71(50-76)69-37-19-36-68(48-69)70-38-20-40-72(49-70)83-56-79(63-26-9-2-10-27-63)54-80(57-83)64-28-11-3-12-29-64/h1-61H. The average molecular weight is 1200 g/mol. The van der Waals surface area contributed by atoms with E-state index in [-0.39, 0.29) is 0 Å². The highest BCUT2D eigenvalue weighted by Gasteiger charge is 2.18. The van der Waals surface area contributed by atoms with Crippen molar-refractivity contribution in [2.45, 2.75) is 0 Å². The Balaban J connectivity index is 0.806. The Labute approximate surface area is 549 Å². The highest BCUT2D eigenvalue weighted by Crippen LogP contribution is 2.41. The molecule has 16 rings (SSSR count). The SMILES string of the molecule is c1ccc(-c2cc(-c3ccccc3)cc(-c3cccc(-c4cccc(-c5cccc(-c6nc(-c7cccc(-c8cc(-c9ccccc9)cc(-c9ccccc9)c8)c7)nc(-c7cccc(-c8cc(-c9ccccc9)cc9cc(-c%10ccccc%10)ccc89)c7)n6)c5)c4)c3)c2)cc1. The molecule has 16 aromatic rings. The molecule has 0 saturated heterocycles. The molecule has 94 heavy (non-hydrogen) atoms. The lowest BCUT2D eigenvalue weighted by Crippen LogP contribution is -2.00. The van der Waals surface area contributed by atoms with Crippen molar-refractivity contribution in [1.82, 2.24) is 15.0 Å². The van der Waals surface area contributed by atoms with E-state index in [9.17, 15) is 0 Å². The Morgan fingerprint density at radius 1 is 0.128 bits per heavy atom. The van der Waals surface area contributed by atoms with Gasteiger partial charge in [0.05, 0.1) is 0 Å². The summed E-state index contributed by atoms with van der Waals surface area (Å²) in [4.78, 5) is 16.3. The summed E-state index contributed by atoms with van der Waals surface area (Å²) in [6.45, 7) is 0. The number of hydrogen-bond donors (Lipinski definition) is 0. The van der Waals surface area contributed by atoms with E-state index >= 15 is 0 Å². The van der Waals surface area contributed by atoms with Gasteiger partial charge in [-0.05, 0) is 218 Å². The van der Waals surface area contributed by atoms with Crippen molar-refractivity contribution in [2.75, 3.05) is 0 Å². The Hall–Kier alpha value is -12.4. The van der Waals surface area contributed by atoms with Crippen LogP contribution < -0.4 is 0 Å². The first-order chi connectivity index (χ1) is 46.5. The highest BCUT2D eigenvalue weighted by molar-refractivity contribution is 6.02. The second-order valence-corrected chi connectivity index (χ2v) is 24.0. The van der Waals surface area contributed by atoms with Crippen LogP contribution in [0.1, 0.15) is 0 Å². The third-order valence-corrected chi connectivity index (χ3v) is 17.8. The van der Waals surface area contributed by atoms with E-state index in [4.69, 9.17) is 15.0 Å². The van der Waals surface area contributed by atoms with Gasteiger partial charge in [0.15, 0.2) is 17.5 Å². The number of benzene rings is 15. The summed E-state index contributed by atoms with van der Waals surface area (Å²) in [5.41, 5.74) is 27.7. The highest BCUT2D eigenvalue weighted by atomic mass is 15.0. The van der Waals surface area contributed by atoms with Gasteiger partial charge in [-0.3, -0.25) is 0 Å². The molecule has 0 bridgehead atoms. The molecule has 0 radical (unpaired) electrons. The van der Waals surface area contributed by atoms with Crippen LogP contribution in [0.15, 0.2) is 370 Å². The van der Waals surface area contributed by atoms with Crippen LogP contribution in [0.4, 0.5) is 0 Å². The fourth-order valence-electron chi connectivity index (χ4n) is 13.0. The van der Waals surface area contributed by atoms with Crippen molar-refractivity contribution in [1.29, 1.82) is 0 Å². The lowest BCUT2D eigenvalue weighted by atomic mass is 9.90. The molecule has 440 valence electrons. The van der Waals surface area contributed by atoms with E-state index in [1.165, 1.54) is 44.3 Å². The molecule has 0 aliphatic heterocycles. The molecule has 0 saturated carbocycles. The molecule has 15 aromatic carbocycles. The molecule has 0 spiro atoms. The van der Waals surface area contributed by atoms with E-state index in [1.807, 2.05) is 0 Å². The number of rotatable bonds is 14. The van der Waals surface area contributed by atoms with E-state index in [1.54, 1.807) is 0 Å². The zero-order chi connectivity index (χ0) is 62.6. The van der Waals surface area contributed by atoms with Crippen LogP contribution in [-0.4, -0.2) is 15.0 Å². The molecule has 3 nitrogen and oxygen atoms in total. The van der Waals surface area contributed by atoms with Crippen molar-refractivity contribution in [3.8, 4) is 157 Å². The Morgan fingerprint density at radius 2 is 0.330 bits per heavy atom.